The summed E-state index contributed by atoms with van der Waals surface area (Å²) in [6.45, 7) is 2.96. The number of nitrogens with zero attached hydrogens (tertiary/aromatic N) is 2. The Kier molecular flexibility index (Phi) is 4.45. The Morgan fingerprint density at radius 1 is 1.18 bits per heavy atom. The first kappa shape index (κ1) is 18.3. The first-order valence-corrected chi connectivity index (χ1v) is 9.36. The van der Waals surface area contributed by atoms with Crippen molar-refractivity contribution in [1.82, 2.24) is 10.2 Å². The minimum Gasteiger partial charge on any atom is -0.351 e. The average Bonchev–Trinajstić information content (AvgIpc) is 2.67. The minimum absolute atomic E-state index is 0.156. The Balaban J connectivity index is 1.47. The van der Waals surface area contributed by atoms with Crippen molar-refractivity contribution in [2.24, 2.45) is 0 Å². The summed E-state index contributed by atoms with van der Waals surface area (Å²) >= 11 is 0. The molecule has 2 aliphatic heterocycles. The summed E-state index contributed by atoms with van der Waals surface area (Å²) in [5.74, 6) is -0.573. The molecule has 2 aromatic carbocycles. The fraction of sp³-hybridized carbons (Fsp3) is 0.333. The highest BCUT2D eigenvalue weighted by Gasteiger charge is 2.44. The third kappa shape index (κ3) is 3.17. The van der Waals surface area contributed by atoms with Crippen molar-refractivity contribution in [1.29, 1.82) is 0 Å². The van der Waals surface area contributed by atoms with E-state index in [1.54, 1.807) is 4.90 Å². The van der Waals surface area contributed by atoms with Gasteiger partial charge in [-0.1, -0.05) is 12.1 Å². The van der Waals surface area contributed by atoms with E-state index in [2.05, 4.69) is 10.6 Å². The van der Waals surface area contributed by atoms with Crippen molar-refractivity contribution in [2.75, 3.05) is 30.4 Å². The molecule has 146 valence electrons. The molecule has 0 radical (unpaired) electrons. The van der Waals surface area contributed by atoms with E-state index in [1.165, 1.54) is 18.2 Å². The van der Waals surface area contributed by atoms with Crippen LogP contribution in [0.1, 0.15) is 28.8 Å². The van der Waals surface area contributed by atoms with E-state index < -0.39 is 5.66 Å². The highest BCUT2D eigenvalue weighted by atomic mass is 19.1. The lowest BCUT2D eigenvalue weighted by molar-refractivity contribution is 0.0815. The van der Waals surface area contributed by atoms with Crippen molar-refractivity contribution in [3.05, 3.63) is 59.4 Å². The van der Waals surface area contributed by atoms with Crippen LogP contribution in [-0.2, 0) is 0 Å². The first-order valence-electron chi connectivity index (χ1n) is 9.36. The normalized spacial score (nSPS) is 17.9. The van der Waals surface area contributed by atoms with Crippen LogP contribution in [0.2, 0.25) is 0 Å². The smallest absolute Gasteiger partial charge is 0.321 e. The maximum absolute atomic E-state index is 13.7. The number of hydrogen-bond acceptors (Lipinski definition) is 3. The lowest BCUT2D eigenvalue weighted by atomic mass is 9.90. The number of amides is 3. The molecule has 0 aromatic heterocycles. The van der Waals surface area contributed by atoms with Gasteiger partial charge in [-0.15, -0.1) is 0 Å². The Bertz CT molecular complexity index is 938. The Labute approximate surface area is 163 Å². The third-order valence-corrected chi connectivity index (χ3v) is 5.70. The molecule has 0 unspecified atom stereocenters. The fourth-order valence-electron chi connectivity index (χ4n) is 4.03. The van der Waals surface area contributed by atoms with Gasteiger partial charge in [-0.05, 0) is 42.8 Å². The van der Waals surface area contributed by atoms with Crippen LogP contribution < -0.4 is 15.5 Å². The van der Waals surface area contributed by atoms with Crippen molar-refractivity contribution >= 4 is 23.3 Å². The molecule has 1 spiro atoms. The van der Waals surface area contributed by atoms with E-state index in [0.29, 0.717) is 37.2 Å². The number of rotatable bonds is 1. The van der Waals surface area contributed by atoms with Gasteiger partial charge in [0.1, 0.15) is 11.5 Å². The number of aryl methyl sites for hydroxylation is 1. The van der Waals surface area contributed by atoms with E-state index in [9.17, 15) is 14.0 Å². The molecule has 0 bridgehead atoms. The second kappa shape index (κ2) is 6.82. The number of halogens is 1. The quantitative estimate of drug-likeness (QED) is 0.795. The molecule has 1 saturated heterocycles. The van der Waals surface area contributed by atoms with Gasteiger partial charge >= 0.3 is 6.03 Å². The Hall–Kier alpha value is -3.09. The predicted molar refractivity (Wildman–Crippen MR) is 106 cm³/mol. The summed E-state index contributed by atoms with van der Waals surface area (Å²) in [5.41, 5.74) is 2.28. The maximum Gasteiger partial charge on any atom is 0.321 e. The van der Waals surface area contributed by atoms with E-state index in [1.807, 2.05) is 43.1 Å². The van der Waals surface area contributed by atoms with E-state index in [-0.39, 0.29) is 17.8 Å². The molecule has 2 aliphatic rings. The molecule has 3 amide bonds. The highest BCUT2D eigenvalue weighted by Crippen LogP contribution is 2.36. The van der Waals surface area contributed by atoms with Gasteiger partial charge in [-0.2, -0.15) is 0 Å². The number of nitrogens with one attached hydrogen (secondary N) is 2. The summed E-state index contributed by atoms with van der Waals surface area (Å²) in [6, 6.07) is 11.7. The second-order valence-corrected chi connectivity index (χ2v) is 7.49. The maximum atomic E-state index is 13.7. The minimum atomic E-state index is -0.613. The molecule has 0 atom stereocenters. The molecule has 28 heavy (non-hydrogen) atoms. The zero-order valence-corrected chi connectivity index (χ0v) is 16.0. The number of piperidine rings is 1. The van der Waals surface area contributed by atoms with Crippen LogP contribution in [-0.4, -0.2) is 42.6 Å². The molecule has 2 heterocycles. The number of hydrogen-bond donors (Lipinski definition) is 2. The SMILES string of the molecule is Cc1cccc(NC(=O)N2CCC3(CC2)NC(=O)c2ccc(F)cc2N3C)c1. The van der Waals surface area contributed by atoms with Gasteiger partial charge in [0.15, 0.2) is 0 Å². The summed E-state index contributed by atoms with van der Waals surface area (Å²) in [7, 11) is 1.86. The summed E-state index contributed by atoms with van der Waals surface area (Å²) in [4.78, 5) is 28.8. The zero-order valence-electron chi connectivity index (χ0n) is 16.0. The third-order valence-electron chi connectivity index (χ3n) is 5.70. The van der Waals surface area contributed by atoms with Gasteiger partial charge in [0.2, 0.25) is 0 Å². The van der Waals surface area contributed by atoms with Crippen molar-refractivity contribution in [3.63, 3.8) is 0 Å². The van der Waals surface area contributed by atoms with Gasteiger partial charge in [0, 0.05) is 38.7 Å². The highest BCUT2D eigenvalue weighted by molar-refractivity contribution is 6.02. The number of carbonyl (C=O) groups excluding carboxylic acids is 2. The van der Waals surface area contributed by atoms with Crippen molar-refractivity contribution < 1.29 is 14.0 Å². The largest absolute Gasteiger partial charge is 0.351 e. The van der Waals surface area contributed by atoms with Crippen LogP contribution in [0.3, 0.4) is 0 Å². The van der Waals surface area contributed by atoms with Crippen LogP contribution in [0.5, 0.6) is 0 Å². The molecule has 0 saturated carbocycles. The molecule has 7 heteroatoms. The van der Waals surface area contributed by atoms with Crippen LogP contribution in [0.4, 0.5) is 20.6 Å². The zero-order chi connectivity index (χ0) is 19.9. The lowest BCUT2D eigenvalue weighted by Gasteiger charge is -2.51. The second-order valence-electron chi connectivity index (χ2n) is 7.49. The molecule has 6 nitrogen and oxygen atoms in total. The Morgan fingerprint density at radius 2 is 1.93 bits per heavy atom. The summed E-state index contributed by atoms with van der Waals surface area (Å²) in [5, 5.41) is 6.00. The van der Waals surface area contributed by atoms with Gasteiger partial charge in [0.25, 0.3) is 5.91 Å². The topological polar surface area (TPSA) is 64.7 Å². The Morgan fingerprint density at radius 3 is 2.64 bits per heavy atom. The molecule has 4 rings (SSSR count). The number of benzene rings is 2. The standard InChI is InChI=1S/C21H23FN4O2/c1-14-4-3-5-16(12-14)23-20(28)26-10-8-21(9-11-26)24-19(27)17-7-6-15(22)13-18(17)25(21)2/h3-7,12-13H,8-11H2,1-2H3,(H,23,28)(H,24,27). The molecule has 0 aliphatic carbocycles. The monoisotopic (exact) mass is 382 g/mol. The number of urea groups is 1. The number of anilines is 2. The van der Waals surface area contributed by atoms with Crippen molar-refractivity contribution in [2.45, 2.75) is 25.4 Å². The number of carbonyl (C=O) groups is 2. The molecule has 2 aromatic rings. The van der Waals surface area contributed by atoms with Gasteiger partial charge < -0.3 is 20.4 Å². The molecule has 2 N–H and O–H groups in total. The summed E-state index contributed by atoms with van der Waals surface area (Å²) in [6.07, 6.45) is 1.12. The summed E-state index contributed by atoms with van der Waals surface area (Å²) < 4.78 is 13.7. The van der Waals surface area contributed by atoms with Crippen LogP contribution in [0, 0.1) is 12.7 Å². The predicted octanol–water partition coefficient (Wildman–Crippen LogP) is 3.34. The van der Waals surface area contributed by atoms with Gasteiger partial charge in [0.05, 0.1) is 11.3 Å². The van der Waals surface area contributed by atoms with Crippen molar-refractivity contribution in [3.8, 4) is 0 Å². The van der Waals surface area contributed by atoms with Crippen LogP contribution >= 0.6 is 0 Å². The number of likely N-dealkylation sites (tertiary alicyclic amines) is 1. The van der Waals surface area contributed by atoms with E-state index >= 15 is 0 Å². The molecular formula is C21H23FN4O2. The van der Waals surface area contributed by atoms with Gasteiger partial charge in [-0.25, -0.2) is 9.18 Å². The van der Waals surface area contributed by atoms with Crippen LogP contribution in [0.15, 0.2) is 42.5 Å². The fourth-order valence-corrected chi connectivity index (χ4v) is 4.03. The molecule has 1 fully saturated rings. The van der Waals surface area contributed by atoms with Gasteiger partial charge in [-0.3, -0.25) is 4.79 Å². The lowest BCUT2D eigenvalue weighted by Crippen LogP contribution is -2.67. The number of fused-ring (bicyclic) bond motifs is 1. The first-order chi connectivity index (χ1) is 13.4. The average molecular weight is 382 g/mol. The molecular weight excluding hydrogens is 359 g/mol. The van der Waals surface area contributed by atoms with E-state index in [0.717, 1.165) is 11.3 Å². The van der Waals surface area contributed by atoms with E-state index in [4.69, 9.17) is 0 Å². The van der Waals surface area contributed by atoms with Crippen LogP contribution in [0.25, 0.3) is 0 Å².